The Morgan fingerprint density at radius 3 is 2.72 bits per heavy atom. The Balaban J connectivity index is 1.97. The van der Waals surface area contributed by atoms with E-state index in [4.69, 9.17) is 4.74 Å². The average molecular weight is 451 g/mol. The van der Waals surface area contributed by atoms with Gasteiger partial charge in [0, 0.05) is 27.3 Å². The van der Waals surface area contributed by atoms with E-state index in [9.17, 15) is 9.59 Å². The molecule has 0 radical (unpaired) electrons. The van der Waals surface area contributed by atoms with Gasteiger partial charge >= 0.3 is 5.97 Å². The summed E-state index contributed by atoms with van der Waals surface area (Å²) < 4.78 is 7.50. The number of ether oxygens (including phenoxy) is 1. The zero-order chi connectivity index (χ0) is 18.0. The average Bonchev–Trinajstić information content (AvgIpc) is 2.99. The number of halogens is 1. The number of esters is 1. The van der Waals surface area contributed by atoms with Crippen LogP contribution in [0.2, 0.25) is 0 Å². The molecule has 0 fully saturated rings. The second-order valence-electron chi connectivity index (χ2n) is 5.66. The number of carbonyl (C=O) groups excluding carboxylic acids is 1. The number of nitrogens with one attached hydrogen (secondary N) is 1. The number of aryl methyl sites for hydroxylation is 1. The molecule has 2 aromatic heterocycles. The fraction of sp³-hybridized carbons (Fsp3) is 0.278. The van der Waals surface area contributed by atoms with Crippen LogP contribution in [0.15, 0.2) is 35.1 Å². The fourth-order valence-electron chi connectivity index (χ4n) is 2.70. The minimum Gasteiger partial charge on any atom is -0.466 e. The standard InChI is InChI=1S/C18H18IN3O3/c1-3-25-17(23)9-8-14-11(2)20-16-10-15(21-22(16)18(14)24)12-4-6-13(19)7-5-12/h4-7,10,21H,3,8-9H2,1-2H3. The number of rotatable bonds is 5. The highest BCUT2D eigenvalue weighted by atomic mass is 127. The Labute approximate surface area is 158 Å². The van der Waals surface area contributed by atoms with Crippen molar-refractivity contribution < 1.29 is 9.53 Å². The highest BCUT2D eigenvalue weighted by Gasteiger charge is 2.14. The van der Waals surface area contributed by atoms with Gasteiger partial charge in [0.1, 0.15) is 0 Å². The van der Waals surface area contributed by atoms with Crippen molar-refractivity contribution in [3.63, 3.8) is 0 Å². The molecule has 3 rings (SSSR count). The van der Waals surface area contributed by atoms with E-state index in [2.05, 4.69) is 32.7 Å². The quantitative estimate of drug-likeness (QED) is 0.478. The molecule has 1 aromatic carbocycles. The second-order valence-corrected chi connectivity index (χ2v) is 6.90. The zero-order valence-corrected chi connectivity index (χ0v) is 16.2. The highest BCUT2D eigenvalue weighted by molar-refractivity contribution is 14.1. The molecule has 0 saturated heterocycles. The third-order valence-corrected chi connectivity index (χ3v) is 4.67. The first-order chi connectivity index (χ1) is 12.0. The van der Waals surface area contributed by atoms with Gasteiger partial charge in [-0.1, -0.05) is 12.1 Å². The molecule has 3 aromatic rings. The van der Waals surface area contributed by atoms with Crippen LogP contribution in [0.3, 0.4) is 0 Å². The molecule has 0 bridgehead atoms. The maximum absolute atomic E-state index is 12.8. The second kappa shape index (κ2) is 7.38. The lowest BCUT2D eigenvalue weighted by Gasteiger charge is -2.05. The monoisotopic (exact) mass is 451 g/mol. The largest absolute Gasteiger partial charge is 0.466 e. The molecule has 1 N–H and O–H groups in total. The van der Waals surface area contributed by atoms with Crippen LogP contribution in [0.1, 0.15) is 24.6 Å². The number of hydrogen-bond acceptors (Lipinski definition) is 4. The van der Waals surface area contributed by atoms with E-state index in [-0.39, 0.29) is 17.9 Å². The van der Waals surface area contributed by atoms with Crippen molar-refractivity contribution in [2.75, 3.05) is 6.61 Å². The summed E-state index contributed by atoms with van der Waals surface area (Å²) in [6.07, 6.45) is 0.486. The number of H-pyrrole nitrogens is 1. The first-order valence-corrected chi connectivity index (χ1v) is 9.10. The molecule has 7 heteroatoms. The van der Waals surface area contributed by atoms with E-state index < -0.39 is 0 Å². The maximum Gasteiger partial charge on any atom is 0.306 e. The molecule has 0 spiro atoms. The maximum atomic E-state index is 12.8. The van der Waals surface area contributed by atoms with Gasteiger partial charge in [0.05, 0.1) is 12.3 Å². The Kier molecular flexibility index (Phi) is 5.22. The molecule has 2 heterocycles. The topological polar surface area (TPSA) is 76.5 Å². The molecule has 0 unspecified atom stereocenters. The first-order valence-electron chi connectivity index (χ1n) is 8.02. The van der Waals surface area contributed by atoms with E-state index >= 15 is 0 Å². The molecule has 6 nitrogen and oxygen atoms in total. The van der Waals surface area contributed by atoms with Gasteiger partial charge in [-0.15, -0.1) is 0 Å². The van der Waals surface area contributed by atoms with Crippen molar-refractivity contribution in [2.24, 2.45) is 0 Å². The van der Waals surface area contributed by atoms with Crippen LogP contribution in [0.5, 0.6) is 0 Å². The van der Waals surface area contributed by atoms with E-state index in [1.165, 1.54) is 4.52 Å². The SMILES string of the molecule is CCOC(=O)CCc1c(C)nc2cc(-c3ccc(I)cc3)[nH]n2c1=O. The summed E-state index contributed by atoms with van der Waals surface area (Å²) in [5.41, 5.74) is 3.36. The van der Waals surface area contributed by atoms with Crippen LogP contribution in [0.25, 0.3) is 16.9 Å². The highest BCUT2D eigenvalue weighted by Crippen LogP contribution is 2.20. The summed E-state index contributed by atoms with van der Waals surface area (Å²) in [6, 6.07) is 9.85. The van der Waals surface area contributed by atoms with Crippen molar-refractivity contribution in [1.82, 2.24) is 14.6 Å². The van der Waals surface area contributed by atoms with Gasteiger partial charge in [0.2, 0.25) is 0 Å². The smallest absolute Gasteiger partial charge is 0.306 e. The third-order valence-electron chi connectivity index (χ3n) is 3.95. The fourth-order valence-corrected chi connectivity index (χ4v) is 3.05. The molecule has 0 aliphatic rings. The molecule has 0 saturated carbocycles. The minimum atomic E-state index is -0.308. The molecule has 0 aliphatic carbocycles. The van der Waals surface area contributed by atoms with Crippen LogP contribution in [0.4, 0.5) is 0 Å². The molecular formula is C18H18IN3O3. The van der Waals surface area contributed by atoms with Crippen LogP contribution in [-0.2, 0) is 16.0 Å². The Morgan fingerprint density at radius 1 is 1.32 bits per heavy atom. The molecule has 0 atom stereocenters. The predicted molar refractivity (Wildman–Crippen MR) is 104 cm³/mol. The van der Waals surface area contributed by atoms with Crippen LogP contribution in [-0.4, -0.2) is 27.2 Å². The summed E-state index contributed by atoms with van der Waals surface area (Å²) in [7, 11) is 0. The van der Waals surface area contributed by atoms with Gasteiger partial charge in [0.25, 0.3) is 5.56 Å². The van der Waals surface area contributed by atoms with Gasteiger partial charge in [-0.05, 0) is 60.6 Å². The Bertz CT molecular complexity index is 974. The van der Waals surface area contributed by atoms with Gasteiger partial charge < -0.3 is 4.74 Å². The van der Waals surface area contributed by atoms with Crippen molar-refractivity contribution in [1.29, 1.82) is 0 Å². The van der Waals surface area contributed by atoms with E-state index in [1.54, 1.807) is 13.8 Å². The number of hydrogen-bond donors (Lipinski definition) is 1. The summed E-state index contributed by atoms with van der Waals surface area (Å²) in [6.45, 7) is 3.89. The number of benzene rings is 1. The van der Waals surface area contributed by atoms with Gasteiger partial charge in [-0.25, -0.2) is 9.50 Å². The number of fused-ring (bicyclic) bond motifs is 1. The minimum absolute atomic E-state index is 0.169. The molecule has 130 valence electrons. The van der Waals surface area contributed by atoms with Crippen molar-refractivity contribution in [2.45, 2.75) is 26.7 Å². The number of carbonyl (C=O) groups is 1. The van der Waals surface area contributed by atoms with Crippen molar-refractivity contribution in [3.8, 4) is 11.3 Å². The van der Waals surface area contributed by atoms with Crippen LogP contribution in [0, 0.1) is 10.5 Å². The molecule has 0 aliphatic heterocycles. The van der Waals surface area contributed by atoms with E-state index in [1.807, 2.05) is 30.3 Å². The predicted octanol–water partition coefficient (Wildman–Crippen LogP) is 3.10. The Hall–Kier alpha value is -2.16. The first kappa shape index (κ1) is 17.7. The van der Waals surface area contributed by atoms with Crippen LogP contribution < -0.4 is 5.56 Å². The summed E-state index contributed by atoms with van der Waals surface area (Å²) in [5.74, 6) is -0.308. The van der Waals surface area contributed by atoms with Crippen molar-refractivity contribution >= 4 is 34.2 Å². The molecule has 25 heavy (non-hydrogen) atoms. The summed E-state index contributed by atoms with van der Waals surface area (Å²) in [5, 5.41) is 3.10. The third kappa shape index (κ3) is 3.76. The molecule has 0 amide bonds. The summed E-state index contributed by atoms with van der Waals surface area (Å²) in [4.78, 5) is 28.8. The lowest BCUT2D eigenvalue weighted by atomic mass is 10.1. The van der Waals surface area contributed by atoms with Gasteiger partial charge in [0.15, 0.2) is 5.65 Å². The normalized spacial score (nSPS) is 11.0. The van der Waals surface area contributed by atoms with E-state index in [0.29, 0.717) is 29.9 Å². The summed E-state index contributed by atoms with van der Waals surface area (Å²) >= 11 is 2.25. The molecular weight excluding hydrogens is 433 g/mol. The van der Waals surface area contributed by atoms with Gasteiger partial charge in [-0.3, -0.25) is 14.7 Å². The number of aromatic nitrogens is 3. The zero-order valence-electron chi connectivity index (χ0n) is 14.0. The lowest BCUT2D eigenvalue weighted by molar-refractivity contribution is -0.143. The van der Waals surface area contributed by atoms with Gasteiger partial charge in [-0.2, -0.15) is 0 Å². The lowest BCUT2D eigenvalue weighted by Crippen LogP contribution is -2.22. The number of aromatic amines is 1. The van der Waals surface area contributed by atoms with Crippen LogP contribution >= 0.6 is 22.6 Å². The number of nitrogens with zero attached hydrogens (tertiary/aromatic N) is 2. The Morgan fingerprint density at radius 2 is 2.04 bits per heavy atom. The van der Waals surface area contributed by atoms with Crippen molar-refractivity contribution in [3.05, 3.63) is 55.5 Å². The van der Waals surface area contributed by atoms with E-state index in [0.717, 1.165) is 14.8 Å².